The van der Waals surface area contributed by atoms with Crippen LogP contribution >= 0.6 is 0 Å². The maximum absolute atomic E-state index is 9.06. The van der Waals surface area contributed by atoms with Gasteiger partial charge in [-0.3, -0.25) is 0 Å². The molecule has 0 saturated carbocycles. The van der Waals surface area contributed by atoms with Gasteiger partial charge in [-0.05, 0) is 0 Å². The molecule has 0 atom stereocenters. The molecule has 0 aliphatic carbocycles. The van der Waals surface area contributed by atoms with Crippen molar-refractivity contribution in [2.45, 2.75) is 0 Å². The van der Waals surface area contributed by atoms with Crippen LogP contribution in [0.2, 0.25) is 0 Å². The predicted octanol–water partition coefficient (Wildman–Crippen LogP) is -4.74. The Morgan fingerprint density at radius 2 is 2.00 bits per heavy atom. The van der Waals surface area contributed by atoms with Crippen molar-refractivity contribution in [1.82, 2.24) is 0 Å². The van der Waals surface area contributed by atoms with Gasteiger partial charge in [-0.25, -0.2) is 0 Å². The standard InChI is InChI=1S/Li.H2O2.2O.Sn/c;1-2;;;/h;1-2H;;;/q+1;;;-1;+1/p-1. The van der Waals surface area contributed by atoms with Crippen molar-refractivity contribution in [2.75, 3.05) is 0 Å². The summed E-state index contributed by atoms with van der Waals surface area (Å²) < 4.78 is 21.0. The third kappa shape index (κ3) is 8.91. The first kappa shape index (κ1) is 10.1. The van der Waals surface area contributed by atoms with Crippen molar-refractivity contribution in [3.05, 3.63) is 0 Å². The number of hydrogen-bond acceptors (Lipinski definition) is 4. The molecule has 30 valence electrons. The molecule has 0 heterocycles. The first-order valence-corrected chi connectivity index (χ1v) is 4.29. The fraction of sp³-hybridized carbons (Fsp3) is 0. The van der Waals surface area contributed by atoms with E-state index in [9.17, 15) is 0 Å². The van der Waals surface area contributed by atoms with E-state index >= 15 is 0 Å². The van der Waals surface area contributed by atoms with E-state index in [1.165, 1.54) is 0 Å². The second-order valence-corrected chi connectivity index (χ2v) is 2.29. The molecule has 0 spiro atoms. The molecule has 0 rings (SSSR count). The summed E-state index contributed by atoms with van der Waals surface area (Å²) in [4.78, 5) is 0. The van der Waals surface area contributed by atoms with Crippen molar-refractivity contribution in [3.63, 3.8) is 0 Å². The molecule has 0 fully saturated rings. The molecule has 0 aromatic carbocycles. The Labute approximate surface area is 54.4 Å². The van der Waals surface area contributed by atoms with Crippen LogP contribution in [0.15, 0.2) is 0 Å². The molecule has 0 aliphatic heterocycles. The normalized spacial score (nSPS) is 6.33. The Morgan fingerprint density at radius 3 is 2.00 bits per heavy atom. The van der Waals surface area contributed by atoms with E-state index in [-0.39, 0.29) is 18.9 Å². The molecule has 0 aliphatic rings. The molecule has 0 amide bonds. The summed E-state index contributed by atoms with van der Waals surface area (Å²) in [6.07, 6.45) is 0. The van der Waals surface area contributed by atoms with Gasteiger partial charge in [0.2, 0.25) is 0 Å². The van der Waals surface area contributed by atoms with Crippen LogP contribution in [0.3, 0.4) is 0 Å². The van der Waals surface area contributed by atoms with E-state index in [4.69, 9.17) is 11.8 Å². The summed E-state index contributed by atoms with van der Waals surface area (Å²) >= 11 is -4.02. The third-order valence-electron chi connectivity index (χ3n) is 0.0745. The molecule has 6 heteroatoms. The second-order valence-electron chi connectivity index (χ2n) is 0.341. The summed E-state index contributed by atoms with van der Waals surface area (Å²) in [6.45, 7) is 0. The monoisotopic (exact) mass is 192 g/mol. The van der Waals surface area contributed by atoms with Gasteiger partial charge in [0, 0.05) is 0 Å². The zero-order valence-corrected chi connectivity index (χ0v) is 6.03. The van der Waals surface area contributed by atoms with Gasteiger partial charge in [0.1, 0.15) is 0 Å². The number of rotatable bonds is 1. The minimum absolute atomic E-state index is 0. The summed E-state index contributed by atoms with van der Waals surface area (Å²) in [5.74, 6) is 0. The molecule has 6 heavy (non-hydrogen) atoms. The molecule has 0 bridgehead atoms. The topological polar surface area (TPSA) is 69.6 Å². The summed E-state index contributed by atoms with van der Waals surface area (Å²) in [6, 6.07) is 0. The third-order valence-corrected chi connectivity index (χ3v) is 0.500. The Balaban J connectivity index is 0. The maximum atomic E-state index is 9.06. The van der Waals surface area contributed by atoms with E-state index in [0.717, 1.165) is 0 Å². The van der Waals surface area contributed by atoms with E-state index in [2.05, 4.69) is 3.22 Å². The predicted molar refractivity (Wildman–Crippen MR) is 10.2 cm³/mol. The molecule has 0 radical (unpaired) electrons. The molecular formula is HLiO4Sn. The first-order valence-electron chi connectivity index (χ1n) is 0.795. The fourth-order valence-corrected chi connectivity index (χ4v) is 0. The van der Waals surface area contributed by atoms with Crippen molar-refractivity contribution < 1.29 is 33.9 Å². The summed E-state index contributed by atoms with van der Waals surface area (Å²) in [5, 5.41) is 7.11. The van der Waals surface area contributed by atoms with Crippen LogP contribution in [-0.4, -0.2) is 25.8 Å². The summed E-state index contributed by atoms with van der Waals surface area (Å²) in [5.41, 5.74) is 0. The van der Waals surface area contributed by atoms with Crippen molar-refractivity contribution >= 4 is 20.6 Å². The van der Waals surface area contributed by atoms with Gasteiger partial charge in [-0.1, -0.05) is 0 Å². The Kier molecular flexibility index (Phi) is 10.3. The van der Waals surface area contributed by atoms with Crippen LogP contribution in [0.1, 0.15) is 0 Å². The van der Waals surface area contributed by atoms with Crippen LogP contribution < -0.4 is 22.3 Å². The van der Waals surface area contributed by atoms with Crippen LogP contribution in [-0.2, 0) is 6.30 Å². The van der Waals surface area contributed by atoms with Gasteiger partial charge in [0.25, 0.3) is 0 Å². The molecule has 0 aromatic rings. The molecule has 4 nitrogen and oxygen atoms in total. The molecule has 0 unspecified atom stereocenters. The first-order chi connectivity index (χ1) is 2.27. The Morgan fingerprint density at radius 1 is 1.83 bits per heavy atom. The van der Waals surface area contributed by atoms with E-state index in [1.54, 1.807) is 0 Å². The summed E-state index contributed by atoms with van der Waals surface area (Å²) in [7, 11) is 0. The van der Waals surface area contributed by atoms with E-state index in [0.29, 0.717) is 0 Å². The van der Waals surface area contributed by atoms with Crippen molar-refractivity contribution in [3.8, 4) is 0 Å². The van der Waals surface area contributed by atoms with Gasteiger partial charge in [-0.2, -0.15) is 0 Å². The second kappa shape index (κ2) is 6.08. The Hall–Kier alpha value is 1.08. The zero-order chi connectivity index (χ0) is 4.28. The van der Waals surface area contributed by atoms with Crippen LogP contribution in [0.25, 0.3) is 0 Å². The fourth-order valence-electron chi connectivity index (χ4n) is 0. The quantitative estimate of drug-likeness (QED) is 0.256. The van der Waals surface area contributed by atoms with Gasteiger partial charge in [0.05, 0.1) is 0 Å². The number of hydrogen-bond donors (Lipinski definition) is 1. The SMILES string of the molecule is [Li+].[O]=[Sn]([O-])[O]O. The zero-order valence-electron chi connectivity index (χ0n) is 3.17. The Bertz CT molecular complexity index is 42.8. The molecule has 0 aromatic heterocycles. The van der Waals surface area contributed by atoms with Crippen LogP contribution in [0, 0.1) is 0 Å². The van der Waals surface area contributed by atoms with Crippen LogP contribution in [0.4, 0.5) is 0 Å². The van der Waals surface area contributed by atoms with Crippen molar-refractivity contribution in [2.24, 2.45) is 0 Å². The van der Waals surface area contributed by atoms with Gasteiger partial charge < -0.3 is 0 Å². The average Bonchev–Trinajstić information content (AvgIpc) is 1.38. The van der Waals surface area contributed by atoms with E-state index in [1.807, 2.05) is 0 Å². The van der Waals surface area contributed by atoms with Crippen molar-refractivity contribution in [1.29, 1.82) is 0 Å². The van der Waals surface area contributed by atoms with Gasteiger partial charge >= 0.3 is 54.4 Å². The molecular weight excluding hydrogens is 190 g/mol. The van der Waals surface area contributed by atoms with Gasteiger partial charge in [-0.15, -0.1) is 0 Å². The minimum atomic E-state index is -4.02. The molecule has 0 saturated heterocycles. The van der Waals surface area contributed by atoms with Crippen LogP contribution in [0.5, 0.6) is 0 Å². The van der Waals surface area contributed by atoms with E-state index < -0.39 is 20.6 Å². The molecule has 1 N–H and O–H groups in total. The average molecular weight is 191 g/mol. The van der Waals surface area contributed by atoms with Gasteiger partial charge in [0.15, 0.2) is 0 Å².